The molecule has 2 aromatic heterocycles. The molecule has 1 aliphatic rings. The van der Waals surface area contributed by atoms with Crippen LogP contribution in [0.1, 0.15) is 5.56 Å². The lowest BCUT2D eigenvalue weighted by atomic mass is 10.2. The minimum absolute atomic E-state index is 0.835. The molecule has 0 atom stereocenters. The molecule has 28 heavy (non-hydrogen) atoms. The molecule has 4 aromatic rings. The highest BCUT2D eigenvalue weighted by molar-refractivity contribution is 7.26. The molecule has 0 bridgehead atoms. The molecular formula is C22H24N4OS. The van der Waals surface area contributed by atoms with Crippen LogP contribution in [-0.4, -0.2) is 54.5 Å². The Morgan fingerprint density at radius 1 is 1.04 bits per heavy atom. The number of rotatable bonds is 6. The molecule has 6 heteroatoms. The minimum atomic E-state index is 0.835. The zero-order valence-electron chi connectivity index (χ0n) is 15.8. The number of aromatic nitrogens is 2. The summed E-state index contributed by atoms with van der Waals surface area (Å²) in [5.74, 6) is 1.06. The second-order valence-electron chi connectivity index (χ2n) is 7.21. The molecule has 5 rings (SSSR count). The van der Waals surface area contributed by atoms with Gasteiger partial charge < -0.3 is 9.64 Å². The summed E-state index contributed by atoms with van der Waals surface area (Å²) >= 11 is 1.83. The molecule has 0 radical (unpaired) electrons. The Labute approximate surface area is 168 Å². The number of hydrogen-bond donors (Lipinski definition) is 1. The predicted octanol–water partition coefficient (Wildman–Crippen LogP) is 4.12. The van der Waals surface area contributed by atoms with Crippen LogP contribution in [0.4, 0.5) is 5.82 Å². The monoisotopic (exact) mass is 392 g/mol. The molecule has 1 N–H and O–H groups in total. The number of fused-ring (bicyclic) bond motifs is 3. The van der Waals surface area contributed by atoms with Gasteiger partial charge in [0.1, 0.15) is 0 Å². The number of morpholine rings is 1. The lowest BCUT2D eigenvalue weighted by Gasteiger charge is -2.30. The van der Waals surface area contributed by atoms with Crippen molar-refractivity contribution in [3.05, 3.63) is 60.2 Å². The first-order valence-electron chi connectivity index (χ1n) is 9.83. The van der Waals surface area contributed by atoms with E-state index in [1.807, 2.05) is 11.3 Å². The highest BCUT2D eigenvalue weighted by Gasteiger charge is 2.19. The van der Waals surface area contributed by atoms with Crippen LogP contribution in [0, 0.1) is 0 Å². The van der Waals surface area contributed by atoms with E-state index in [9.17, 15) is 0 Å². The van der Waals surface area contributed by atoms with Crippen LogP contribution in [0.5, 0.6) is 0 Å². The minimum Gasteiger partial charge on any atom is -0.379 e. The van der Waals surface area contributed by atoms with Gasteiger partial charge in [0, 0.05) is 42.8 Å². The van der Waals surface area contributed by atoms with Crippen molar-refractivity contribution in [3.8, 4) is 0 Å². The maximum Gasteiger partial charge on any atom is 0.168 e. The SMILES string of the molecule is c1ccc(CN(CCN2CCOCC2)c2n[nH]c3c2sc2ccccc23)cc1. The second kappa shape index (κ2) is 7.91. The normalized spacial score (nSPS) is 15.4. The van der Waals surface area contributed by atoms with Crippen LogP contribution < -0.4 is 4.90 Å². The summed E-state index contributed by atoms with van der Waals surface area (Å²) in [6.07, 6.45) is 0. The van der Waals surface area contributed by atoms with E-state index < -0.39 is 0 Å². The molecule has 1 fully saturated rings. The van der Waals surface area contributed by atoms with Crippen molar-refractivity contribution in [1.82, 2.24) is 15.1 Å². The molecule has 0 spiro atoms. The van der Waals surface area contributed by atoms with Gasteiger partial charge in [-0.15, -0.1) is 11.3 Å². The van der Waals surface area contributed by atoms with Crippen LogP contribution in [0.2, 0.25) is 0 Å². The number of hydrogen-bond acceptors (Lipinski definition) is 5. The van der Waals surface area contributed by atoms with E-state index in [2.05, 4.69) is 69.5 Å². The highest BCUT2D eigenvalue weighted by Crippen LogP contribution is 2.38. The van der Waals surface area contributed by atoms with Gasteiger partial charge in [-0.1, -0.05) is 48.5 Å². The van der Waals surface area contributed by atoms with E-state index in [1.165, 1.54) is 20.3 Å². The number of aromatic amines is 1. The average Bonchev–Trinajstić information content (AvgIpc) is 3.32. The van der Waals surface area contributed by atoms with Gasteiger partial charge in [0.25, 0.3) is 0 Å². The fraction of sp³-hybridized carbons (Fsp3) is 0.318. The van der Waals surface area contributed by atoms with Gasteiger partial charge in [-0.2, -0.15) is 5.10 Å². The maximum atomic E-state index is 5.49. The van der Waals surface area contributed by atoms with E-state index in [-0.39, 0.29) is 0 Å². The van der Waals surface area contributed by atoms with E-state index in [1.54, 1.807) is 0 Å². The molecule has 0 aliphatic carbocycles. The molecular weight excluding hydrogens is 368 g/mol. The van der Waals surface area contributed by atoms with Gasteiger partial charge in [-0.05, 0) is 11.6 Å². The van der Waals surface area contributed by atoms with E-state index in [0.29, 0.717) is 0 Å². The van der Waals surface area contributed by atoms with E-state index in [4.69, 9.17) is 9.84 Å². The molecule has 0 unspecified atom stereocenters. The van der Waals surface area contributed by atoms with Crippen molar-refractivity contribution < 1.29 is 4.74 Å². The van der Waals surface area contributed by atoms with Crippen molar-refractivity contribution in [2.24, 2.45) is 0 Å². The third kappa shape index (κ3) is 3.51. The van der Waals surface area contributed by atoms with Crippen molar-refractivity contribution in [3.63, 3.8) is 0 Å². The van der Waals surface area contributed by atoms with Crippen molar-refractivity contribution >= 4 is 37.5 Å². The number of ether oxygens (including phenoxy) is 1. The average molecular weight is 393 g/mol. The Morgan fingerprint density at radius 3 is 2.68 bits per heavy atom. The Morgan fingerprint density at radius 2 is 1.82 bits per heavy atom. The van der Waals surface area contributed by atoms with Gasteiger partial charge >= 0.3 is 0 Å². The molecule has 1 saturated heterocycles. The molecule has 3 heterocycles. The molecule has 1 aliphatic heterocycles. The van der Waals surface area contributed by atoms with Gasteiger partial charge in [-0.25, -0.2) is 0 Å². The van der Waals surface area contributed by atoms with Gasteiger partial charge in [0.2, 0.25) is 0 Å². The Hall–Kier alpha value is -2.41. The zero-order valence-corrected chi connectivity index (χ0v) is 16.6. The van der Waals surface area contributed by atoms with Crippen LogP contribution in [0.25, 0.3) is 20.3 Å². The quantitative estimate of drug-likeness (QED) is 0.536. The van der Waals surface area contributed by atoms with Gasteiger partial charge in [-0.3, -0.25) is 10.00 Å². The van der Waals surface area contributed by atoms with Crippen molar-refractivity contribution in [1.29, 1.82) is 0 Å². The summed E-state index contributed by atoms with van der Waals surface area (Å²) in [5, 5.41) is 9.29. The summed E-state index contributed by atoms with van der Waals surface area (Å²) in [6, 6.07) is 19.2. The smallest absolute Gasteiger partial charge is 0.168 e. The number of H-pyrrole nitrogens is 1. The maximum absolute atomic E-state index is 5.49. The van der Waals surface area contributed by atoms with Crippen LogP contribution in [0.3, 0.4) is 0 Å². The summed E-state index contributed by atoms with van der Waals surface area (Å²) in [7, 11) is 0. The van der Waals surface area contributed by atoms with E-state index in [0.717, 1.165) is 57.3 Å². The topological polar surface area (TPSA) is 44.4 Å². The number of benzene rings is 2. The number of thiophene rings is 1. The molecule has 5 nitrogen and oxygen atoms in total. The third-order valence-electron chi connectivity index (χ3n) is 5.38. The summed E-state index contributed by atoms with van der Waals surface area (Å²) in [5.41, 5.74) is 2.46. The molecule has 2 aromatic carbocycles. The van der Waals surface area contributed by atoms with Crippen molar-refractivity contribution in [2.45, 2.75) is 6.54 Å². The lowest BCUT2D eigenvalue weighted by Crippen LogP contribution is -2.41. The predicted molar refractivity (Wildman–Crippen MR) is 116 cm³/mol. The largest absolute Gasteiger partial charge is 0.379 e. The number of nitrogens with one attached hydrogen (secondary N) is 1. The summed E-state index contributed by atoms with van der Waals surface area (Å²) < 4.78 is 8.05. The first kappa shape index (κ1) is 17.7. The molecule has 0 saturated carbocycles. The van der Waals surface area contributed by atoms with E-state index >= 15 is 0 Å². The van der Waals surface area contributed by atoms with Gasteiger partial charge in [0.05, 0.1) is 23.4 Å². The van der Waals surface area contributed by atoms with Gasteiger partial charge in [0.15, 0.2) is 5.82 Å². The van der Waals surface area contributed by atoms with Crippen LogP contribution >= 0.6 is 11.3 Å². The Balaban J connectivity index is 1.46. The Kier molecular flexibility index (Phi) is 4.99. The second-order valence-corrected chi connectivity index (χ2v) is 8.26. The fourth-order valence-corrected chi connectivity index (χ4v) is 5.01. The highest BCUT2D eigenvalue weighted by atomic mass is 32.1. The first-order chi connectivity index (χ1) is 13.9. The zero-order chi connectivity index (χ0) is 18.8. The summed E-state index contributed by atoms with van der Waals surface area (Å²) in [4.78, 5) is 4.90. The number of nitrogens with zero attached hydrogens (tertiary/aromatic N) is 3. The summed E-state index contributed by atoms with van der Waals surface area (Å²) in [6.45, 7) is 6.53. The Bertz CT molecular complexity index is 1050. The fourth-order valence-electron chi connectivity index (χ4n) is 3.84. The lowest BCUT2D eigenvalue weighted by molar-refractivity contribution is 0.0391. The first-order valence-corrected chi connectivity index (χ1v) is 10.6. The van der Waals surface area contributed by atoms with Crippen LogP contribution in [-0.2, 0) is 11.3 Å². The van der Waals surface area contributed by atoms with Crippen molar-refractivity contribution in [2.75, 3.05) is 44.3 Å². The third-order valence-corrected chi connectivity index (χ3v) is 6.54. The number of anilines is 1. The standard InChI is InChI=1S/C22H24N4OS/c1-2-6-17(7-3-1)16-26(11-10-25-12-14-27-15-13-25)22-21-20(23-24-22)18-8-4-5-9-19(18)28-21/h1-9H,10-16H2,(H,23,24). The molecule has 144 valence electrons. The van der Waals surface area contributed by atoms with Crippen LogP contribution in [0.15, 0.2) is 54.6 Å². The molecule has 0 amide bonds.